The molecule has 0 bridgehead atoms. The molecule has 5 rings (SSSR count). The summed E-state index contributed by atoms with van der Waals surface area (Å²) in [7, 11) is 0. The van der Waals surface area contributed by atoms with Crippen molar-refractivity contribution in [3.8, 4) is 16.3 Å². The van der Waals surface area contributed by atoms with Gasteiger partial charge in [0.25, 0.3) is 5.91 Å². The molecule has 0 fully saturated rings. The van der Waals surface area contributed by atoms with E-state index < -0.39 is 0 Å². The summed E-state index contributed by atoms with van der Waals surface area (Å²) in [5.74, 6) is -0.177. The molecular formula is C28H23N3OS. The number of carbonyl (C=O) groups excluding carboxylic acids is 1. The minimum atomic E-state index is -0.272. The molecule has 162 valence electrons. The first-order valence-electron chi connectivity index (χ1n) is 10.8. The highest BCUT2D eigenvalue weighted by Gasteiger charge is 2.22. The van der Waals surface area contributed by atoms with Gasteiger partial charge in [0.05, 0.1) is 16.6 Å². The third-order valence-corrected chi connectivity index (χ3v) is 6.43. The van der Waals surface area contributed by atoms with E-state index in [4.69, 9.17) is 5.10 Å². The van der Waals surface area contributed by atoms with Crippen LogP contribution in [-0.4, -0.2) is 15.7 Å². The largest absolute Gasteiger partial charge is 0.340 e. The van der Waals surface area contributed by atoms with Crippen LogP contribution >= 0.6 is 11.3 Å². The van der Waals surface area contributed by atoms with Crippen LogP contribution in [0.3, 0.4) is 0 Å². The van der Waals surface area contributed by atoms with Gasteiger partial charge in [-0.25, -0.2) is 4.68 Å². The van der Waals surface area contributed by atoms with Crippen LogP contribution in [0.5, 0.6) is 0 Å². The lowest BCUT2D eigenvalue weighted by atomic mass is 9.98. The Balaban J connectivity index is 1.56. The molecule has 5 aromatic rings. The van der Waals surface area contributed by atoms with E-state index in [0.717, 1.165) is 32.9 Å². The Morgan fingerprint density at radius 1 is 0.848 bits per heavy atom. The van der Waals surface area contributed by atoms with Gasteiger partial charge < -0.3 is 5.32 Å². The average molecular weight is 450 g/mol. The predicted molar refractivity (Wildman–Crippen MR) is 134 cm³/mol. The van der Waals surface area contributed by atoms with Crippen molar-refractivity contribution >= 4 is 17.2 Å². The van der Waals surface area contributed by atoms with Crippen molar-refractivity contribution in [1.29, 1.82) is 0 Å². The Morgan fingerprint density at radius 3 is 2.06 bits per heavy atom. The topological polar surface area (TPSA) is 46.9 Å². The summed E-state index contributed by atoms with van der Waals surface area (Å²) in [5, 5.41) is 10.1. The maximum Gasteiger partial charge on any atom is 0.270 e. The van der Waals surface area contributed by atoms with E-state index in [1.165, 1.54) is 0 Å². The molecule has 0 aliphatic carbocycles. The van der Waals surface area contributed by atoms with Crippen LogP contribution in [-0.2, 0) is 0 Å². The number of amides is 1. The molecule has 1 amide bonds. The highest BCUT2D eigenvalue weighted by atomic mass is 32.1. The van der Waals surface area contributed by atoms with Crippen LogP contribution in [0.15, 0.2) is 109 Å². The van der Waals surface area contributed by atoms with Crippen LogP contribution in [0.2, 0.25) is 0 Å². The lowest BCUT2D eigenvalue weighted by Crippen LogP contribution is -2.31. The van der Waals surface area contributed by atoms with Crippen molar-refractivity contribution in [3.63, 3.8) is 0 Å². The van der Waals surface area contributed by atoms with Gasteiger partial charge in [-0.2, -0.15) is 5.10 Å². The van der Waals surface area contributed by atoms with Crippen molar-refractivity contribution in [2.24, 2.45) is 0 Å². The summed E-state index contributed by atoms with van der Waals surface area (Å²) >= 11 is 1.61. The smallest absolute Gasteiger partial charge is 0.270 e. The third-order valence-electron chi connectivity index (χ3n) is 5.54. The van der Waals surface area contributed by atoms with E-state index in [9.17, 15) is 4.79 Å². The highest BCUT2D eigenvalue weighted by Crippen LogP contribution is 2.27. The zero-order valence-corrected chi connectivity index (χ0v) is 19.0. The Hall–Kier alpha value is -3.96. The quantitative estimate of drug-likeness (QED) is 0.325. The number of rotatable bonds is 6. The number of aromatic nitrogens is 2. The van der Waals surface area contributed by atoms with Gasteiger partial charge in [-0.15, -0.1) is 11.3 Å². The van der Waals surface area contributed by atoms with E-state index in [-0.39, 0.29) is 11.9 Å². The van der Waals surface area contributed by atoms with Crippen molar-refractivity contribution in [2.75, 3.05) is 0 Å². The molecule has 4 nitrogen and oxygen atoms in total. The fourth-order valence-corrected chi connectivity index (χ4v) is 4.51. The van der Waals surface area contributed by atoms with Crippen LogP contribution in [0.25, 0.3) is 16.3 Å². The SMILES string of the molecule is Cc1ccc(-n2nc(-c3cccs3)cc2C(=O)NC(c2ccccc2)c2ccccc2)cc1. The Labute approximate surface area is 197 Å². The highest BCUT2D eigenvalue weighted by molar-refractivity contribution is 7.13. The lowest BCUT2D eigenvalue weighted by molar-refractivity contribution is 0.0935. The zero-order valence-electron chi connectivity index (χ0n) is 18.2. The van der Waals surface area contributed by atoms with Crippen LogP contribution in [0.4, 0.5) is 0 Å². The van der Waals surface area contributed by atoms with Crippen LogP contribution in [0, 0.1) is 6.92 Å². The summed E-state index contributed by atoms with van der Waals surface area (Å²) in [4.78, 5) is 14.7. The van der Waals surface area contributed by atoms with Gasteiger partial charge in [0.1, 0.15) is 11.4 Å². The van der Waals surface area contributed by atoms with E-state index in [2.05, 4.69) is 5.32 Å². The molecule has 0 aliphatic heterocycles. The summed E-state index contributed by atoms with van der Waals surface area (Å²) in [6.07, 6.45) is 0. The number of benzene rings is 3. The molecule has 0 radical (unpaired) electrons. The molecule has 5 heteroatoms. The zero-order chi connectivity index (χ0) is 22.6. The van der Waals surface area contributed by atoms with E-state index in [1.807, 2.05) is 115 Å². The summed E-state index contributed by atoms with van der Waals surface area (Å²) in [6.45, 7) is 2.04. The normalized spacial score (nSPS) is 11.0. The minimum Gasteiger partial charge on any atom is -0.340 e. The maximum atomic E-state index is 13.7. The fourth-order valence-electron chi connectivity index (χ4n) is 3.83. The molecule has 0 atom stereocenters. The van der Waals surface area contributed by atoms with Gasteiger partial charge in [0.15, 0.2) is 0 Å². The first-order chi connectivity index (χ1) is 16.2. The van der Waals surface area contributed by atoms with Gasteiger partial charge in [-0.3, -0.25) is 4.79 Å². The molecule has 0 saturated carbocycles. The van der Waals surface area contributed by atoms with Gasteiger partial charge in [0, 0.05) is 0 Å². The second-order valence-electron chi connectivity index (χ2n) is 7.87. The Morgan fingerprint density at radius 2 is 1.48 bits per heavy atom. The molecule has 2 heterocycles. The van der Waals surface area contributed by atoms with Crippen LogP contribution < -0.4 is 5.32 Å². The maximum absolute atomic E-state index is 13.7. The number of nitrogens with one attached hydrogen (secondary N) is 1. The van der Waals surface area contributed by atoms with Crippen LogP contribution in [0.1, 0.15) is 33.2 Å². The Kier molecular flexibility index (Phi) is 5.87. The van der Waals surface area contributed by atoms with Crippen molar-refractivity contribution in [2.45, 2.75) is 13.0 Å². The average Bonchev–Trinajstić information content (AvgIpc) is 3.54. The number of carbonyl (C=O) groups is 1. The predicted octanol–water partition coefficient (Wildman–Crippen LogP) is 6.43. The number of nitrogens with zero attached hydrogens (tertiary/aromatic N) is 2. The van der Waals surface area contributed by atoms with Crippen molar-refractivity contribution in [3.05, 3.63) is 131 Å². The second kappa shape index (κ2) is 9.27. The first kappa shape index (κ1) is 20.9. The fraction of sp³-hybridized carbons (Fsp3) is 0.0714. The standard InChI is InChI=1S/C28H23N3OS/c1-20-14-16-23(17-15-20)31-25(19-24(30-31)26-13-8-18-33-26)28(32)29-27(21-9-4-2-5-10-21)22-11-6-3-7-12-22/h2-19,27H,1H3,(H,29,32). The number of aryl methyl sites for hydroxylation is 1. The van der Waals surface area contributed by atoms with Crippen molar-refractivity contribution in [1.82, 2.24) is 15.1 Å². The van der Waals surface area contributed by atoms with E-state index in [1.54, 1.807) is 16.0 Å². The number of thiophene rings is 1. The van der Waals surface area contributed by atoms with E-state index >= 15 is 0 Å². The molecule has 0 aliphatic rings. The molecule has 0 saturated heterocycles. The molecule has 3 aromatic carbocycles. The first-order valence-corrected chi connectivity index (χ1v) is 11.7. The Bertz CT molecular complexity index is 1300. The van der Waals surface area contributed by atoms with E-state index in [0.29, 0.717) is 5.69 Å². The monoisotopic (exact) mass is 449 g/mol. The van der Waals surface area contributed by atoms with Gasteiger partial charge in [-0.1, -0.05) is 84.4 Å². The molecule has 0 unspecified atom stereocenters. The summed E-state index contributed by atoms with van der Waals surface area (Å²) in [5.41, 5.74) is 5.34. The summed E-state index contributed by atoms with van der Waals surface area (Å²) < 4.78 is 1.73. The molecular weight excluding hydrogens is 426 g/mol. The van der Waals surface area contributed by atoms with Gasteiger partial charge in [0.2, 0.25) is 0 Å². The molecule has 0 spiro atoms. The van der Waals surface area contributed by atoms with Gasteiger partial charge >= 0.3 is 0 Å². The molecule has 33 heavy (non-hydrogen) atoms. The third kappa shape index (κ3) is 4.49. The van der Waals surface area contributed by atoms with Crippen molar-refractivity contribution < 1.29 is 4.79 Å². The number of hydrogen-bond donors (Lipinski definition) is 1. The summed E-state index contributed by atoms with van der Waals surface area (Å²) in [6, 6.07) is 33.7. The number of hydrogen-bond acceptors (Lipinski definition) is 3. The minimum absolute atomic E-state index is 0.177. The molecule has 2 aromatic heterocycles. The van der Waals surface area contributed by atoms with Gasteiger partial charge in [-0.05, 0) is 47.7 Å². The lowest BCUT2D eigenvalue weighted by Gasteiger charge is -2.20. The molecule has 1 N–H and O–H groups in total. The second-order valence-corrected chi connectivity index (χ2v) is 8.82.